The topological polar surface area (TPSA) is 102 Å². The summed E-state index contributed by atoms with van der Waals surface area (Å²) >= 11 is 0. The van der Waals surface area contributed by atoms with Gasteiger partial charge in [0.25, 0.3) is 11.8 Å². The molecule has 0 aliphatic carbocycles. The molecule has 0 radical (unpaired) electrons. The van der Waals surface area contributed by atoms with Crippen LogP contribution in [0, 0.1) is 5.92 Å². The third-order valence-corrected chi connectivity index (χ3v) is 2.85. The molecule has 1 atom stereocenters. The van der Waals surface area contributed by atoms with Crippen LogP contribution in [0.3, 0.4) is 0 Å². The van der Waals surface area contributed by atoms with E-state index in [0.717, 1.165) is 0 Å². The Morgan fingerprint density at radius 3 is 2.57 bits per heavy atom. The van der Waals surface area contributed by atoms with Gasteiger partial charge in [0.2, 0.25) is 0 Å². The summed E-state index contributed by atoms with van der Waals surface area (Å²) < 4.78 is 5.32. The van der Waals surface area contributed by atoms with Crippen LogP contribution >= 0.6 is 0 Å². The second-order valence-electron chi connectivity index (χ2n) is 5.23. The monoisotopic (exact) mass is 294 g/mol. The quantitative estimate of drug-likeness (QED) is 0.656. The molecular weight excluding hydrogens is 272 g/mol. The number of ether oxygens (including phenoxy) is 1. The minimum Gasteiger partial charge on any atom is -0.483 e. The molecule has 1 aromatic carbocycles. The van der Waals surface area contributed by atoms with E-state index in [-0.39, 0.29) is 36.5 Å². The van der Waals surface area contributed by atoms with E-state index < -0.39 is 5.91 Å². The first-order valence-electron chi connectivity index (χ1n) is 6.85. The van der Waals surface area contributed by atoms with Gasteiger partial charge in [0, 0.05) is 0 Å². The fourth-order valence-corrected chi connectivity index (χ4v) is 1.96. The van der Waals surface area contributed by atoms with Crippen molar-refractivity contribution in [2.45, 2.75) is 26.3 Å². The van der Waals surface area contributed by atoms with Gasteiger partial charge in [-0.3, -0.25) is 9.59 Å². The molecule has 21 heavy (non-hydrogen) atoms. The minimum atomic E-state index is -0.612. The van der Waals surface area contributed by atoms with Crippen LogP contribution in [0.2, 0.25) is 0 Å². The summed E-state index contributed by atoms with van der Waals surface area (Å²) in [7, 11) is 0. The first-order chi connectivity index (χ1) is 9.93. The SMILES string of the molecule is CC(C)CC(CO)NC(=O)COc1ccccc1C(N)=O. The van der Waals surface area contributed by atoms with Gasteiger partial charge in [-0.25, -0.2) is 0 Å². The van der Waals surface area contributed by atoms with Gasteiger partial charge in [-0.05, 0) is 24.5 Å². The summed E-state index contributed by atoms with van der Waals surface area (Å²) in [5.41, 5.74) is 5.45. The summed E-state index contributed by atoms with van der Waals surface area (Å²) in [4.78, 5) is 23.0. The van der Waals surface area contributed by atoms with Crippen molar-refractivity contribution in [2.75, 3.05) is 13.2 Å². The molecule has 0 fully saturated rings. The smallest absolute Gasteiger partial charge is 0.258 e. The van der Waals surface area contributed by atoms with Crippen LogP contribution in [0.4, 0.5) is 0 Å². The van der Waals surface area contributed by atoms with Gasteiger partial charge in [-0.2, -0.15) is 0 Å². The Balaban J connectivity index is 2.55. The maximum atomic E-state index is 11.8. The Morgan fingerprint density at radius 2 is 2.00 bits per heavy atom. The van der Waals surface area contributed by atoms with Crippen LogP contribution in [-0.4, -0.2) is 36.2 Å². The average molecular weight is 294 g/mol. The number of aliphatic hydroxyl groups is 1. The third kappa shape index (κ3) is 5.83. The van der Waals surface area contributed by atoms with Crippen molar-refractivity contribution in [3.63, 3.8) is 0 Å². The molecule has 0 spiro atoms. The molecule has 0 aromatic heterocycles. The molecular formula is C15H22N2O4. The number of para-hydroxylation sites is 1. The number of aliphatic hydroxyl groups excluding tert-OH is 1. The lowest BCUT2D eigenvalue weighted by atomic mass is 10.0. The van der Waals surface area contributed by atoms with E-state index in [1.807, 2.05) is 13.8 Å². The molecule has 1 rings (SSSR count). The highest BCUT2D eigenvalue weighted by atomic mass is 16.5. The second-order valence-corrected chi connectivity index (χ2v) is 5.23. The van der Waals surface area contributed by atoms with Crippen LogP contribution in [0.25, 0.3) is 0 Å². The van der Waals surface area contributed by atoms with Gasteiger partial charge in [0.05, 0.1) is 18.2 Å². The van der Waals surface area contributed by atoms with E-state index in [2.05, 4.69) is 5.32 Å². The zero-order chi connectivity index (χ0) is 15.8. The maximum Gasteiger partial charge on any atom is 0.258 e. The number of hydrogen-bond acceptors (Lipinski definition) is 4. The summed E-state index contributed by atoms with van der Waals surface area (Å²) in [5, 5.41) is 11.9. The highest BCUT2D eigenvalue weighted by Gasteiger charge is 2.14. The lowest BCUT2D eigenvalue weighted by Gasteiger charge is -2.18. The molecule has 0 bridgehead atoms. The van der Waals surface area contributed by atoms with Gasteiger partial charge in [0.15, 0.2) is 6.61 Å². The summed E-state index contributed by atoms with van der Waals surface area (Å²) in [6.07, 6.45) is 0.681. The Bertz CT molecular complexity index is 488. The van der Waals surface area contributed by atoms with Crippen molar-refractivity contribution in [3.8, 4) is 5.75 Å². The van der Waals surface area contributed by atoms with Gasteiger partial charge >= 0.3 is 0 Å². The van der Waals surface area contributed by atoms with E-state index in [0.29, 0.717) is 12.3 Å². The van der Waals surface area contributed by atoms with Gasteiger partial charge in [-0.1, -0.05) is 26.0 Å². The Morgan fingerprint density at radius 1 is 1.33 bits per heavy atom. The normalized spacial score (nSPS) is 12.0. The molecule has 0 heterocycles. The summed E-state index contributed by atoms with van der Waals surface area (Å²) in [6.45, 7) is 3.66. The fraction of sp³-hybridized carbons (Fsp3) is 0.467. The standard InChI is InChI=1S/C15H22N2O4/c1-10(2)7-11(8-18)17-14(19)9-21-13-6-4-3-5-12(13)15(16)20/h3-6,10-11,18H,7-9H2,1-2H3,(H2,16,20)(H,17,19). The lowest BCUT2D eigenvalue weighted by Crippen LogP contribution is -2.41. The van der Waals surface area contributed by atoms with Crippen molar-refractivity contribution in [3.05, 3.63) is 29.8 Å². The largest absolute Gasteiger partial charge is 0.483 e. The van der Waals surface area contributed by atoms with E-state index in [4.69, 9.17) is 10.5 Å². The molecule has 6 nitrogen and oxygen atoms in total. The molecule has 2 amide bonds. The van der Waals surface area contributed by atoms with E-state index >= 15 is 0 Å². The molecule has 0 saturated heterocycles. The number of rotatable bonds is 8. The molecule has 0 saturated carbocycles. The van der Waals surface area contributed by atoms with Crippen molar-refractivity contribution < 1.29 is 19.4 Å². The number of benzene rings is 1. The van der Waals surface area contributed by atoms with Crippen molar-refractivity contribution in [1.29, 1.82) is 0 Å². The summed E-state index contributed by atoms with van der Waals surface area (Å²) in [5.74, 6) is -0.337. The third-order valence-electron chi connectivity index (χ3n) is 2.85. The number of amides is 2. The van der Waals surface area contributed by atoms with Crippen molar-refractivity contribution in [2.24, 2.45) is 11.7 Å². The van der Waals surface area contributed by atoms with E-state index in [1.165, 1.54) is 6.07 Å². The van der Waals surface area contributed by atoms with Gasteiger partial charge < -0.3 is 20.9 Å². The van der Waals surface area contributed by atoms with Gasteiger partial charge in [0.1, 0.15) is 5.75 Å². The zero-order valence-corrected chi connectivity index (χ0v) is 12.3. The number of primary amides is 1. The fourth-order valence-electron chi connectivity index (χ4n) is 1.96. The second kappa shape index (κ2) is 8.26. The maximum absolute atomic E-state index is 11.8. The molecule has 0 aliphatic rings. The average Bonchev–Trinajstić information content (AvgIpc) is 2.44. The zero-order valence-electron chi connectivity index (χ0n) is 12.3. The van der Waals surface area contributed by atoms with E-state index in [9.17, 15) is 14.7 Å². The molecule has 1 aromatic rings. The number of nitrogens with one attached hydrogen (secondary N) is 1. The lowest BCUT2D eigenvalue weighted by molar-refractivity contribution is -0.124. The molecule has 116 valence electrons. The first kappa shape index (κ1) is 17.0. The van der Waals surface area contributed by atoms with Crippen LogP contribution < -0.4 is 15.8 Å². The Hall–Kier alpha value is -2.08. The Kier molecular flexibility index (Phi) is 6.68. The molecule has 0 aliphatic heterocycles. The van der Waals surface area contributed by atoms with Crippen LogP contribution in [0.1, 0.15) is 30.6 Å². The number of carbonyl (C=O) groups excluding carboxylic acids is 2. The Labute approximate surface area is 124 Å². The predicted octanol–water partition coefficient (Wildman–Crippen LogP) is 0.688. The molecule has 6 heteroatoms. The highest BCUT2D eigenvalue weighted by molar-refractivity contribution is 5.95. The predicted molar refractivity (Wildman–Crippen MR) is 78.9 cm³/mol. The van der Waals surface area contributed by atoms with E-state index in [1.54, 1.807) is 18.2 Å². The van der Waals surface area contributed by atoms with Crippen LogP contribution in [-0.2, 0) is 4.79 Å². The van der Waals surface area contributed by atoms with Crippen LogP contribution in [0.15, 0.2) is 24.3 Å². The van der Waals surface area contributed by atoms with Crippen LogP contribution in [0.5, 0.6) is 5.75 Å². The minimum absolute atomic E-state index is 0.123. The van der Waals surface area contributed by atoms with Crippen molar-refractivity contribution >= 4 is 11.8 Å². The summed E-state index contributed by atoms with van der Waals surface area (Å²) in [6, 6.07) is 6.16. The number of nitrogens with two attached hydrogens (primary N) is 1. The number of hydrogen-bond donors (Lipinski definition) is 3. The highest BCUT2D eigenvalue weighted by Crippen LogP contribution is 2.16. The molecule has 4 N–H and O–H groups in total. The van der Waals surface area contributed by atoms with Gasteiger partial charge in [-0.15, -0.1) is 0 Å². The number of carbonyl (C=O) groups is 2. The first-order valence-corrected chi connectivity index (χ1v) is 6.85. The molecule has 1 unspecified atom stereocenters. The van der Waals surface area contributed by atoms with Crippen molar-refractivity contribution in [1.82, 2.24) is 5.32 Å².